The van der Waals surface area contributed by atoms with E-state index in [1.54, 1.807) is 12.4 Å². The molecular formula is C7H11N3O. The zero-order valence-corrected chi connectivity index (χ0v) is 6.21. The molecule has 0 aliphatic heterocycles. The smallest absolute Gasteiger partial charge is 0.146 e. The summed E-state index contributed by atoms with van der Waals surface area (Å²) >= 11 is 0. The Hall–Kier alpha value is -1.16. The van der Waals surface area contributed by atoms with Crippen LogP contribution < -0.4 is 5.73 Å². The van der Waals surface area contributed by atoms with Crippen LogP contribution in [-0.4, -0.2) is 22.3 Å². The van der Waals surface area contributed by atoms with E-state index in [0.717, 1.165) is 5.82 Å². The highest BCUT2D eigenvalue weighted by atomic mass is 16.1. The monoisotopic (exact) mass is 153 g/mol. The van der Waals surface area contributed by atoms with Crippen LogP contribution in [0.3, 0.4) is 0 Å². The van der Waals surface area contributed by atoms with Gasteiger partial charge in [0.2, 0.25) is 0 Å². The Labute approximate surface area is 64.8 Å². The van der Waals surface area contributed by atoms with Crippen molar-refractivity contribution in [2.24, 2.45) is 5.73 Å². The molecule has 1 aromatic heterocycles. The molecule has 0 atom stereocenters. The first kappa shape index (κ1) is 7.94. The molecule has 11 heavy (non-hydrogen) atoms. The second-order valence-electron chi connectivity index (χ2n) is 2.28. The predicted molar refractivity (Wildman–Crippen MR) is 41.0 cm³/mol. The molecule has 0 aliphatic rings. The van der Waals surface area contributed by atoms with Crippen LogP contribution in [0.4, 0.5) is 0 Å². The van der Waals surface area contributed by atoms with E-state index < -0.39 is 0 Å². The quantitative estimate of drug-likeness (QED) is 0.633. The molecule has 0 spiro atoms. The Kier molecular flexibility index (Phi) is 2.80. The van der Waals surface area contributed by atoms with Gasteiger partial charge >= 0.3 is 0 Å². The number of nitrogens with two attached hydrogens (primary N) is 1. The van der Waals surface area contributed by atoms with E-state index in [9.17, 15) is 4.79 Å². The van der Waals surface area contributed by atoms with Gasteiger partial charge in [0.25, 0.3) is 0 Å². The van der Waals surface area contributed by atoms with Crippen LogP contribution in [0.1, 0.15) is 12.2 Å². The number of hydrogen-bond acceptors (Lipinski definition) is 3. The first-order valence-corrected chi connectivity index (χ1v) is 3.53. The first-order chi connectivity index (χ1) is 5.33. The van der Waals surface area contributed by atoms with Gasteiger partial charge in [-0.15, -0.1) is 0 Å². The number of aryl methyl sites for hydroxylation is 1. The van der Waals surface area contributed by atoms with Gasteiger partial charge in [-0.25, -0.2) is 4.98 Å². The van der Waals surface area contributed by atoms with Crippen LogP contribution in [0.5, 0.6) is 0 Å². The fourth-order valence-corrected chi connectivity index (χ4v) is 0.795. The number of aromatic nitrogens is 2. The normalized spacial score (nSPS) is 9.91. The molecule has 0 unspecified atom stereocenters. The number of aromatic amines is 1. The molecule has 0 fully saturated rings. The van der Waals surface area contributed by atoms with Crippen molar-refractivity contribution in [1.82, 2.24) is 9.97 Å². The fraction of sp³-hybridized carbons (Fsp3) is 0.429. The van der Waals surface area contributed by atoms with Crippen molar-refractivity contribution >= 4 is 5.78 Å². The van der Waals surface area contributed by atoms with Gasteiger partial charge in [-0.2, -0.15) is 0 Å². The fourth-order valence-electron chi connectivity index (χ4n) is 0.795. The van der Waals surface area contributed by atoms with E-state index in [-0.39, 0.29) is 12.3 Å². The van der Waals surface area contributed by atoms with E-state index in [1.807, 2.05) is 0 Å². The topological polar surface area (TPSA) is 71.8 Å². The minimum atomic E-state index is 0.0707. The average molecular weight is 153 g/mol. The number of nitrogens with one attached hydrogen (secondary N) is 1. The van der Waals surface area contributed by atoms with E-state index in [4.69, 9.17) is 5.73 Å². The van der Waals surface area contributed by atoms with E-state index in [0.29, 0.717) is 12.8 Å². The zero-order valence-electron chi connectivity index (χ0n) is 6.21. The molecule has 0 aromatic carbocycles. The Bertz CT molecular complexity index is 218. The molecule has 0 saturated carbocycles. The Morgan fingerprint density at radius 1 is 1.73 bits per heavy atom. The summed E-state index contributed by atoms with van der Waals surface area (Å²) in [5, 5.41) is 0. The van der Waals surface area contributed by atoms with Crippen molar-refractivity contribution in [3.8, 4) is 0 Å². The number of carbonyl (C=O) groups is 1. The van der Waals surface area contributed by atoms with E-state index >= 15 is 0 Å². The number of rotatable bonds is 4. The third kappa shape index (κ3) is 2.51. The van der Waals surface area contributed by atoms with Gasteiger partial charge in [0.15, 0.2) is 0 Å². The minimum Gasteiger partial charge on any atom is -0.349 e. The van der Waals surface area contributed by atoms with Crippen molar-refractivity contribution < 1.29 is 4.79 Å². The number of hydrogen-bond donors (Lipinski definition) is 2. The third-order valence-electron chi connectivity index (χ3n) is 1.42. The third-order valence-corrected chi connectivity index (χ3v) is 1.42. The Morgan fingerprint density at radius 3 is 3.09 bits per heavy atom. The van der Waals surface area contributed by atoms with Crippen LogP contribution in [0.25, 0.3) is 0 Å². The molecule has 1 heterocycles. The molecule has 60 valence electrons. The summed E-state index contributed by atoms with van der Waals surface area (Å²) in [6, 6.07) is 0. The summed E-state index contributed by atoms with van der Waals surface area (Å²) in [5.41, 5.74) is 5.13. The van der Waals surface area contributed by atoms with Crippen LogP contribution in [0, 0.1) is 0 Å². The lowest BCUT2D eigenvalue weighted by atomic mass is 10.2. The van der Waals surface area contributed by atoms with E-state index in [2.05, 4.69) is 9.97 Å². The SMILES string of the molecule is NCC(=O)CCc1ncc[nH]1. The second-order valence-corrected chi connectivity index (χ2v) is 2.28. The van der Waals surface area contributed by atoms with Crippen LogP contribution in [0.15, 0.2) is 12.4 Å². The number of Topliss-reactive ketones (excluding diaryl/α,β-unsaturated/α-hetero) is 1. The first-order valence-electron chi connectivity index (χ1n) is 3.53. The summed E-state index contributed by atoms with van der Waals surface area (Å²) in [6.45, 7) is 0.126. The molecule has 0 bridgehead atoms. The predicted octanol–water partition coefficient (Wildman–Crippen LogP) is -0.130. The molecule has 0 radical (unpaired) electrons. The molecule has 0 amide bonds. The maximum absolute atomic E-state index is 10.7. The Balaban J connectivity index is 2.29. The minimum absolute atomic E-state index is 0.0707. The van der Waals surface area contributed by atoms with Crippen molar-refractivity contribution in [1.29, 1.82) is 0 Å². The number of imidazole rings is 1. The van der Waals surface area contributed by atoms with Gasteiger partial charge in [0.05, 0.1) is 6.54 Å². The lowest BCUT2D eigenvalue weighted by molar-refractivity contribution is -0.117. The maximum Gasteiger partial charge on any atom is 0.146 e. The molecule has 1 rings (SSSR count). The number of carbonyl (C=O) groups excluding carboxylic acids is 1. The lowest BCUT2D eigenvalue weighted by Gasteiger charge is -1.93. The molecule has 0 aliphatic carbocycles. The van der Waals surface area contributed by atoms with Crippen molar-refractivity contribution in [2.75, 3.05) is 6.54 Å². The molecule has 3 N–H and O–H groups in total. The standard InChI is InChI=1S/C7H11N3O/c8-5-6(11)1-2-7-9-3-4-10-7/h3-4H,1-2,5,8H2,(H,9,10). The van der Waals surface area contributed by atoms with Gasteiger partial charge < -0.3 is 10.7 Å². The summed E-state index contributed by atoms with van der Waals surface area (Å²) in [7, 11) is 0. The van der Waals surface area contributed by atoms with E-state index in [1.165, 1.54) is 0 Å². The van der Waals surface area contributed by atoms with Crippen LogP contribution in [-0.2, 0) is 11.2 Å². The number of ketones is 1. The van der Waals surface area contributed by atoms with Crippen molar-refractivity contribution in [3.05, 3.63) is 18.2 Å². The van der Waals surface area contributed by atoms with Crippen LogP contribution >= 0.6 is 0 Å². The highest BCUT2D eigenvalue weighted by Crippen LogP contribution is 1.94. The van der Waals surface area contributed by atoms with Crippen molar-refractivity contribution in [3.63, 3.8) is 0 Å². The molecule has 4 nitrogen and oxygen atoms in total. The highest BCUT2D eigenvalue weighted by molar-refractivity contribution is 5.80. The average Bonchev–Trinajstić information content (AvgIpc) is 2.52. The number of H-pyrrole nitrogens is 1. The second kappa shape index (κ2) is 3.88. The number of nitrogens with zero attached hydrogens (tertiary/aromatic N) is 1. The van der Waals surface area contributed by atoms with Gasteiger partial charge in [-0.05, 0) is 0 Å². The van der Waals surface area contributed by atoms with Gasteiger partial charge in [0, 0.05) is 25.2 Å². The molecule has 1 aromatic rings. The molecule has 4 heteroatoms. The van der Waals surface area contributed by atoms with Gasteiger partial charge in [-0.3, -0.25) is 4.79 Å². The molecular weight excluding hydrogens is 142 g/mol. The Morgan fingerprint density at radius 2 is 2.55 bits per heavy atom. The molecule has 0 saturated heterocycles. The van der Waals surface area contributed by atoms with Crippen molar-refractivity contribution in [2.45, 2.75) is 12.8 Å². The lowest BCUT2D eigenvalue weighted by Crippen LogP contribution is -2.13. The van der Waals surface area contributed by atoms with Crippen LogP contribution in [0.2, 0.25) is 0 Å². The van der Waals surface area contributed by atoms with Gasteiger partial charge in [-0.1, -0.05) is 0 Å². The summed E-state index contributed by atoms with van der Waals surface area (Å²) in [5.74, 6) is 0.910. The largest absolute Gasteiger partial charge is 0.349 e. The highest BCUT2D eigenvalue weighted by Gasteiger charge is 2.00. The summed E-state index contributed by atoms with van der Waals surface area (Å²) in [6.07, 6.45) is 4.54. The maximum atomic E-state index is 10.7. The summed E-state index contributed by atoms with van der Waals surface area (Å²) < 4.78 is 0. The van der Waals surface area contributed by atoms with Gasteiger partial charge in [0.1, 0.15) is 11.6 Å². The zero-order chi connectivity index (χ0) is 8.10. The summed E-state index contributed by atoms with van der Waals surface area (Å²) in [4.78, 5) is 17.6.